The first-order valence-electron chi connectivity index (χ1n) is 8.29. The average molecular weight is 337 g/mol. The molecule has 0 aliphatic heterocycles. The lowest BCUT2D eigenvalue weighted by Crippen LogP contribution is -2.32. The van der Waals surface area contributed by atoms with Crippen LogP contribution in [0.25, 0.3) is 10.8 Å². The Labute approximate surface area is 151 Å². The van der Waals surface area contributed by atoms with Crippen LogP contribution in [0.3, 0.4) is 0 Å². The third kappa shape index (κ3) is 2.70. The molecule has 0 N–H and O–H groups in total. The maximum absolute atomic E-state index is 6.05. The van der Waals surface area contributed by atoms with Gasteiger partial charge in [-0.2, -0.15) is 0 Å². The van der Waals surface area contributed by atoms with Crippen molar-refractivity contribution in [2.75, 3.05) is 0 Å². The number of benzene rings is 4. The van der Waals surface area contributed by atoms with Crippen LogP contribution in [-0.4, -0.2) is 10.5 Å². The summed E-state index contributed by atoms with van der Waals surface area (Å²) < 4.78 is 6.05. The van der Waals surface area contributed by atoms with Crippen LogP contribution in [0.1, 0.15) is 16.7 Å². The predicted molar refractivity (Wildman–Crippen MR) is 104 cm³/mol. The Kier molecular flexibility index (Phi) is 4.22. The zero-order valence-electron chi connectivity index (χ0n) is 13.7. The lowest BCUT2D eigenvalue weighted by molar-refractivity contribution is 0.173. The van der Waals surface area contributed by atoms with E-state index in [-0.39, 0.29) is 0 Å². The lowest BCUT2D eigenvalue weighted by Gasteiger charge is -2.35. The number of hydrogen-bond donors (Lipinski definition) is 0. The third-order valence-electron chi connectivity index (χ3n) is 4.67. The van der Waals surface area contributed by atoms with Gasteiger partial charge in [-0.15, -0.1) is 0 Å². The molecule has 4 rings (SSSR count). The highest BCUT2D eigenvalue weighted by molar-refractivity contribution is 5.99. The molecule has 0 atom stereocenters. The Hall–Kier alpha value is -2.68. The summed E-state index contributed by atoms with van der Waals surface area (Å²) in [5.41, 5.74) is 2.51. The van der Waals surface area contributed by atoms with Crippen LogP contribution in [0.2, 0.25) is 0 Å². The molecule has 0 amide bonds. The van der Waals surface area contributed by atoms with Gasteiger partial charge in [0.05, 0.1) is 0 Å². The molecule has 0 aliphatic rings. The molecule has 0 unspecified atom stereocenters. The molecule has 0 bridgehead atoms. The first kappa shape index (κ1) is 15.8. The maximum atomic E-state index is 6.05. The minimum atomic E-state index is -0.719. The zero-order chi connectivity index (χ0) is 17.1. The van der Waals surface area contributed by atoms with Crippen LogP contribution >= 0.6 is 0 Å². The molecular formula is C23H17OSi. The molecule has 0 spiro atoms. The molecule has 2 heteroatoms. The van der Waals surface area contributed by atoms with Gasteiger partial charge >= 0.3 is 0 Å². The Morgan fingerprint density at radius 1 is 0.520 bits per heavy atom. The van der Waals surface area contributed by atoms with E-state index in [2.05, 4.69) is 77.2 Å². The van der Waals surface area contributed by atoms with Gasteiger partial charge in [0, 0.05) is 0 Å². The van der Waals surface area contributed by atoms with Crippen molar-refractivity contribution in [3.63, 3.8) is 0 Å². The summed E-state index contributed by atoms with van der Waals surface area (Å²) in [7, 11) is 3.41. The second-order valence-corrected chi connectivity index (χ2v) is 6.28. The highest BCUT2D eigenvalue weighted by atomic mass is 28.2. The SMILES string of the molecule is [Si]OC(c1ccccc1)(c1ccccc1)c1ccc2ccccc2c1. The molecule has 25 heavy (non-hydrogen) atoms. The van der Waals surface area contributed by atoms with E-state index in [9.17, 15) is 0 Å². The minimum Gasteiger partial charge on any atom is -0.402 e. The molecule has 1 nitrogen and oxygen atoms in total. The molecule has 0 aliphatic carbocycles. The monoisotopic (exact) mass is 337 g/mol. The maximum Gasteiger partial charge on any atom is 0.248 e. The normalized spacial score (nSPS) is 11.6. The second kappa shape index (κ2) is 6.67. The van der Waals surface area contributed by atoms with E-state index in [4.69, 9.17) is 4.43 Å². The molecule has 0 saturated heterocycles. The van der Waals surface area contributed by atoms with Crippen LogP contribution in [-0.2, 0) is 10.0 Å². The number of hydrogen-bond acceptors (Lipinski definition) is 1. The summed E-state index contributed by atoms with van der Waals surface area (Å²) >= 11 is 0. The van der Waals surface area contributed by atoms with Gasteiger partial charge in [-0.05, 0) is 33.5 Å². The Bertz CT molecular complexity index is 941. The molecule has 3 radical (unpaired) electrons. The molecule has 4 aromatic carbocycles. The van der Waals surface area contributed by atoms with Gasteiger partial charge in [-0.25, -0.2) is 0 Å². The van der Waals surface area contributed by atoms with Crippen molar-refractivity contribution >= 4 is 21.3 Å². The second-order valence-electron chi connectivity index (χ2n) is 6.08. The van der Waals surface area contributed by atoms with Crippen LogP contribution < -0.4 is 0 Å². The Morgan fingerprint density at radius 3 is 1.60 bits per heavy atom. The van der Waals surface area contributed by atoms with E-state index in [0.717, 1.165) is 16.7 Å². The van der Waals surface area contributed by atoms with E-state index in [1.165, 1.54) is 10.8 Å². The van der Waals surface area contributed by atoms with E-state index in [0.29, 0.717) is 0 Å². The lowest BCUT2D eigenvalue weighted by atomic mass is 9.80. The fraction of sp³-hybridized carbons (Fsp3) is 0.0435. The zero-order valence-corrected chi connectivity index (χ0v) is 14.7. The van der Waals surface area contributed by atoms with Gasteiger partial charge in [-0.1, -0.05) is 97.1 Å². The average Bonchev–Trinajstić information content (AvgIpc) is 2.71. The highest BCUT2D eigenvalue weighted by Gasteiger charge is 2.36. The van der Waals surface area contributed by atoms with Crippen molar-refractivity contribution in [3.8, 4) is 0 Å². The van der Waals surface area contributed by atoms with E-state index in [1.807, 2.05) is 36.4 Å². The van der Waals surface area contributed by atoms with Gasteiger partial charge in [0.2, 0.25) is 10.5 Å². The highest BCUT2D eigenvalue weighted by Crippen LogP contribution is 2.40. The summed E-state index contributed by atoms with van der Waals surface area (Å²) in [6.45, 7) is 0. The van der Waals surface area contributed by atoms with Crippen molar-refractivity contribution in [2.45, 2.75) is 5.60 Å². The van der Waals surface area contributed by atoms with Crippen LogP contribution in [0.5, 0.6) is 0 Å². The number of fused-ring (bicyclic) bond motifs is 1. The summed E-state index contributed by atoms with van der Waals surface area (Å²) in [6, 6.07) is 35.5. The van der Waals surface area contributed by atoms with Gasteiger partial charge in [-0.3, -0.25) is 0 Å². The molecule has 119 valence electrons. The predicted octanol–water partition coefficient (Wildman–Crippen LogP) is 5.23. The molecule has 0 saturated carbocycles. The number of rotatable bonds is 4. The van der Waals surface area contributed by atoms with Gasteiger partial charge in [0.1, 0.15) is 5.60 Å². The van der Waals surface area contributed by atoms with E-state index >= 15 is 0 Å². The summed E-state index contributed by atoms with van der Waals surface area (Å²) in [5.74, 6) is 0. The summed E-state index contributed by atoms with van der Waals surface area (Å²) in [6.07, 6.45) is 0. The summed E-state index contributed by atoms with van der Waals surface area (Å²) in [4.78, 5) is 0. The van der Waals surface area contributed by atoms with Crippen LogP contribution in [0.15, 0.2) is 103 Å². The van der Waals surface area contributed by atoms with Crippen molar-refractivity contribution in [1.82, 2.24) is 0 Å². The van der Waals surface area contributed by atoms with Crippen LogP contribution in [0, 0.1) is 0 Å². The first-order chi connectivity index (χ1) is 12.3. The van der Waals surface area contributed by atoms with E-state index in [1.54, 1.807) is 0 Å². The fourth-order valence-corrected chi connectivity index (χ4v) is 3.78. The minimum absolute atomic E-state index is 0.719. The van der Waals surface area contributed by atoms with Crippen LogP contribution in [0.4, 0.5) is 0 Å². The van der Waals surface area contributed by atoms with Crippen molar-refractivity contribution < 1.29 is 4.43 Å². The van der Waals surface area contributed by atoms with Crippen molar-refractivity contribution in [1.29, 1.82) is 0 Å². The molecule has 4 aromatic rings. The van der Waals surface area contributed by atoms with Gasteiger partial charge in [0.25, 0.3) is 0 Å². The molecule has 0 aromatic heterocycles. The topological polar surface area (TPSA) is 9.23 Å². The van der Waals surface area contributed by atoms with Gasteiger partial charge in [0.15, 0.2) is 0 Å². The van der Waals surface area contributed by atoms with E-state index < -0.39 is 5.60 Å². The quantitative estimate of drug-likeness (QED) is 0.366. The van der Waals surface area contributed by atoms with Crippen molar-refractivity contribution in [3.05, 3.63) is 120 Å². The largest absolute Gasteiger partial charge is 0.402 e. The fourth-order valence-electron chi connectivity index (χ4n) is 3.43. The Balaban J connectivity index is 2.02. The van der Waals surface area contributed by atoms with Gasteiger partial charge < -0.3 is 4.43 Å². The molecular weight excluding hydrogens is 320 g/mol. The van der Waals surface area contributed by atoms with Crippen molar-refractivity contribution in [2.24, 2.45) is 0 Å². The third-order valence-corrected chi connectivity index (χ3v) is 4.98. The molecule has 0 fully saturated rings. The smallest absolute Gasteiger partial charge is 0.248 e. The molecule has 0 heterocycles. The summed E-state index contributed by atoms with van der Waals surface area (Å²) in [5, 5.41) is 2.41. The standard InChI is InChI=1S/C23H17OSi/c25-24-23(20-11-3-1-4-12-20,21-13-5-2-6-14-21)22-16-15-18-9-7-8-10-19(18)17-22/h1-17H. The first-order valence-corrected chi connectivity index (χ1v) is 8.70. The Morgan fingerprint density at radius 2 is 1.04 bits per heavy atom.